The molecule has 0 fully saturated rings. The Kier molecular flexibility index (Phi) is 4.56. The highest BCUT2D eigenvalue weighted by Gasteiger charge is 2.35. The number of carboxylic acid groups (broad SMARTS) is 1. The van der Waals surface area contributed by atoms with Gasteiger partial charge in [0.15, 0.2) is 5.69 Å². The third-order valence-electron chi connectivity index (χ3n) is 1.80. The van der Waals surface area contributed by atoms with E-state index in [9.17, 15) is 9.90 Å². The second-order valence-corrected chi connectivity index (χ2v) is 5.39. The first kappa shape index (κ1) is 14.5. The number of carboxylic acids is 1. The van der Waals surface area contributed by atoms with Gasteiger partial charge >= 0.3 is 5.97 Å². The Hall–Kier alpha value is -0.600. The molecule has 0 saturated carbocycles. The van der Waals surface area contributed by atoms with E-state index in [1.165, 1.54) is 0 Å². The van der Waals surface area contributed by atoms with Gasteiger partial charge in [-0.15, -0.1) is 5.10 Å². The molecule has 1 aromatic rings. The Bertz CT molecular complexity index is 417. The zero-order chi connectivity index (χ0) is 13.2. The lowest BCUT2D eigenvalue weighted by molar-refractivity contribution is 0.0687. The van der Waals surface area contributed by atoms with Crippen molar-refractivity contribution in [3.63, 3.8) is 0 Å². The largest absolute Gasteiger partial charge is 0.476 e. The van der Waals surface area contributed by atoms with Crippen LogP contribution in [-0.4, -0.2) is 49.0 Å². The van der Waals surface area contributed by atoms with Crippen molar-refractivity contribution in [2.45, 2.75) is 16.4 Å². The minimum Gasteiger partial charge on any atom is -0.476 e. The van der Waals surface area contributed by atoms with Gasteiger partial charge in [-0.05, 0) is 0 Å². The van der Waals surface area contributed by atoms with Crippen molar-refractivity contribution in [1.82, 2.24) is 15.0 Å². The standard InChI is InChI=1S/C7H8Cl3N3O4/c8-7(9,10)5-4(6(16)17)11-12-13(5)1-3(15)2-14/h3,14-15H,1-2H2,(H,16,17). The minimum absolute atomic E-state index is 0.236. The molecule has 7 nitrogen and oxygen atoms in total. The summed E-state index contributed by atoms with van der Waals surface area (Å²) in [6.07, 6.45) is -1.16. The SMILES string of the molecule is O=C(O)c1nnn(CC(O)CO)c1C(Cl)(Cl)Cl. The van der Waals surface area contributed by atoms with Crippen LogP contribution in [0.4, 0.5) is 0 Å². The van der Waals surface area contributed by atoms with Crippen LogP contribution < -0.4 is 0 Å². The molecular formula is C7H8Cl3N3O4. The van der Waals surface area contributed by atoms with Gasteiger partial charge in [0.05, 0.1) is 19.3 Å². The molecule has 96 valence electrons. The van der Waals surface area contributed by atoms with Crippen LogP contribution in [0.1, 0.15) is 16.2 Å². The van der Waals surface area contributed by atoms with Crippen LogP contribution in [0.25, 0.3) is 0 Å². The first-order valence-corrected chi connectivity index (χ1v) is 5.43. The number of alkyl halides is 3. The van der Waals surface area contributed by atoms with Crippen molar-refractivity contribution < 1.29 is 20.1 Å². The maximum atomic E-state index is 10.8. The van der Waals surface area contributed by atoms with Gasteiger partial charge in [0.2, 0.25) is 3.79 Å². The minimum atomic E-state index is -2.05. The van der Waals surface area contributed by atoms with Crippen molar-refractivity contribution in [3.05, 3.63) is 11.4 Å². The molecule has 10 heteroatoms. The molecule has 0 saturated heterocycles. The van der Waals surface area contributed by atoms with Gasteiger partial charge in [0.25, 0.3) is 0 Å². The molecule has 0 bridgehead atoms. The molecule has 0 aliphatic heterocycles. The average Bonchev–Trinajstić information content (AvgIpc) is 2.60. The number of hydrogen-bond acceptors (Lipinski definition) is 5. The topological polar surface area (TPSA) is 108 Å². The van der Waals surface area contributed by atoms with E-state index >= 15 is 0 Å². The van der Waals surface area contributed by atoms with Crippen LogP contribution in [0, 0.1) is 0 Å². The lowest BCUT2D eigenvalue weighted by atomic mass is 10.3. The first-order valence-electron chi connectivity index (χ1n) is 4.30. The molecule has 1 rings (SSSR count). The number of hydrogen-bond donors (Lipinski definition) is 3. The summed E-state index contributed by atoms with van der Waals surface area (Å²) in [5.41, 5.74) is -0.794. The number of aromatic nitrogens is 3. The van der Waals surface area contributed by atoms with Crippen molar-refractivity contribution in [3.8, 4) is 0 Å². The third-order valence-corrected chi connectivity index (χ3v) is 2.34. The molecule has 0 aliphatic rings. The molecule has 1 unspecified atom stereocenters. The van der Waals surface area contributed by atoms with Crippen LogP contribution in [-0.2, 0) is 10.3 Å². The Balaban J connectivity index is 3.19. The number of aliphatic hydroxyl groups is 2. The van der Waals surface area contributed by atoms with Crippen molar-refractivity contribution in [2.24, 2.45) is 0 Å². The summed E-state index contributed by atoms with van der Waals surface area (Å²) in [7, 11) is 0. The maximum Gasteiger partial charge on any atom is 0.358 e. The van der Waals surface area contributed by atoms with Crippen LogP contribution in [0.2, 0.25) is 0 Å². The highest BCUT2D eigenvalue weighted by molar-refractivity contribution is 6.66. The van der Waals surface area contributed by atoms with Crippen LogP contribution in [0.3, 0.4) is 0 Å². The van der Waals surface area contributed by atoms with E-state index in [1.54, 1.807) is 0 Å². The number of nitrogens with zero attached hydrogens (tertiary/aromatic N) is 3. The normalized spacial score (nSPS) is 13.7. The van der Waals surface area contributed by atoms with E-state index in [-0.39, 0.29) is 12.2 Å². The number of carbonyl (C=O) groups is 1. The molecule has 17 heavy (non-hydrogen) atoms. The summed E-state index contributed by atoms with van der Waals surface area (Å²) in [5, 5.41) is 33.5. The summed E-state index contributed by atoms with van der Waals surface area (Å²) in [6.45, 7) is -0.776. The predicted octanol–water partition coefficient (Wildman–Crippen LogP) is 0.156. The fraction of sp³-hybridized carbons (Fsp3) is 0.571. The summed E-state index contributed by atoms with van der Waals surface area (Å²) in [4.78, 5) is 10.8. The van der Waals surface area contributed by atoms with Gasteiger partial charge in [-0.3, -0.25) is 0 Å². The number of aliphatic hydroxyl groups excluding tert-OH is 2. The third kappa shape index (κ3) is 3.43. The monoisotopic (exact) mass is 303 g/mol. The average molecular weight is 305 g/mol. The number of rotatable bonds is 4. The predicted molar refractivity (Wildman–Crippen MR) is 59.3 cm³/mol. The fourth-order valence-electron chi connectivity index (χ4n) is 1.12. The van der Waals surface area contributed by atoms with Crippen molar-refractivity contribution in [2.75, 3.05) is 6.61 Å². The molecule has 3 N–H and O–H groups in total. The van der Waals surface area contributed by atoms with Gasteiger partial charge in [-0.25, -0.2) is 9.48 Å². The van der Waals surface area contributed by atoms with E-state index in [4.69, 9.17) is 45.0 Å². The summed E-state index contributed by atoms with van der Waals surface area (Å²) in [5.74, 6) is -1.41. The second kappa shape index (κ2) is 5.36. The second-order valence-electron chi connectivity index (χ2n) is 3.11. The summed E-state index contributed by atoms with van der Waals surface area (Å²) < 4.78 is -1.12. The Morgan fingerprint density at radius 1 is 1.47 bits per heavy atom. The van der Waals surface area contributed by atoms with Gasteiger partial charge in [-0.2, -0.15) is 0 Å². The van der Waals surface area contributed by atoms with Crippen LogP contribution in [0.15, 0.2) is 0 Å². The van der Waals surface area contributed by atoms with E-state index < -0.39 is 28.2 Å². The summed E-state index contributed by atoms with van der Waals surface area (Å²) in [6, 6.07) is 0. The highest BCUT2D eigenvalue weighted by atomic mass is 35.6. The molecule has 0 spiro atoms. The molecule has 0 aromatic carbocycles. The van der Waals surface area contributed by atoms with E-state index in [2.05, 4.69) is 10.3 Å². The van der Waals surface area contributed by atoms with Crippen molar-refractivity contribution in [1.29, 1.82) is 0 Å². The van der Waals surface area contributed by atoms with Gasteiger partial charge in [0, 0.05) is 0 Å². The molecule has 1 aromatic heterocycles. The van der Waals surface area contributed by atoms with Crippen molar-refractivity contribution >= 4 is 40.8 Å². The Morgan fingerprint density at radius 3 is 2.47 bits per heavy atom. The maximum absolute atomic E-state index is 10.8. The Morgan fingerprint density at radius 2 is 2.06 bits per heavy atom. The quantitative estimate of drug-likeness (QED) is 0.684. The number of aromatic carboxylic acids is 1. The zero-order valence-electron chi connectivity index (χ0n) is 8.22. The molecule has 1 heterocycles. The Labute approximate surface area is 111 Å². The van der Waals surface area contributed by atoms with Gasteiger partial charge < -0.3 is 15.3 Å². The first-order chi connectivity index (χ1) is 7.77. The van der Waals surface area contributed by atoms with Gasteiger partial charge in [-0.1, -0.05) is 40.0 Å². The molecule has 1 atom stereocenters. The number of halogens is 3. The van der Waals surface area contributed by atoms with Gasteiger partial charge in [0.1, 0.15) is 5.69 Å². The van der Waals surface area contributed by atoms with Crippen LogP contribution >= 0.6 is 34.8 Å². The zero-order valence-corrected chi connectivity index (χ0v) is 10.5. The van der Waals surface area contributed by atoms with E-state index in [1.807, 2.05) is 0 Å². The molecule has 0 aliphatic carbocycles. The highest BCUT2D eigenvalue weighted by Crippen LogP contribution is 2.39. The molecular weight excluding hydrogens is 296 g/mol. The molecule has 0 radical (unpaired) electrons. The fourth-order valence-corrected chi connectivity index (χ4v) is 1.68. The lowest BCUT2D eigenvalue weighted by Gasteiger charge is -2.15. The molecule has 0 amide bonds. The smallest absolute Gasteiger partial charge is 0.358 e. The summed E-state index contributed by atoms with van der Waals surface area (Å²) >= 11 is 16.8. The van der Waals surface area contributed by atoms with E-state index in [0.717, 1.165) is 4.68 Å². The van der Waals surface area contributed by atoms with E-state index in [0.29, 0.717) is 0 Å². The van der Waals surface area contributed by atoms with Crippen LogP contribution in [0.5, 0.6) is 0 Å². The lowest BCUT2D eigenvalue weighted by Crippen LogP contribution is -2.24.